The van der Waals surface area contributed by atoms with Crippen molar-refractivity contribution in [3.63, 3.8) is 0 Å². The summed E-state index contributed by atoms with van der Waals surface area (Å²) in [4.78, 5) is 9.87. The summed E-state index contributed by atoms with van der Waals surface area (Å²) in [5.74, 6) is 2.82. The highest BCUT2D eigenvalue weighted by Crippen LogP contribution is 2.30. The van der Waals surface area contributed by atoms with Gasteiger partial charge in [0.15, 0.2) is 0 Å². The van der Waals surface area contributed by atoms with Crippen LogP contribution in [0.25, 0.3) is 56.6 Å². The first-order chi connectivity index (χ1) is 17.9. The van der Waals surface area contributed by atoms with E-state index in [1.165, 1.54) is 0 Å². The molecular formula is C28H18N8. The molecule has 0 aliphatic carbocycles. The molecule has 8 heteroatoms. The summed E-state index contributed by atoms with van der Waals surface area (Å²) < 4.78 is 7.91. The third-order valence-electron chi connectivity index (χ3n) is 6.48. The molecule has 0 atom stereocenters. The molecule has 4 aromatic heterocycles. The minimum atomic E-state index is 0.686. The van der Waals surface area contributed by atoms with Crippen molar-refractivity contribution in [3.05, 3.63) is 109 Å². The molecule has 8 rings (SSSR count). The number of hydrogen-bond donors (Lipinski definition) is 0. The maximum atomic E-state index is 5.08. The van der Waals surface area contributed by atoms with Crippen molar-refractivity contribution in [1.29, 1.82) is 0 Å². The summed E-state index contributed by atoms with van der Waals surface area (Å²) in [5, 5.41) is 10.2. The fraction of sp³-hybridized carbons (Fsp3) is 0. The predicted molar refractivity (Wildman–Crippen MR) is 139 cm³/mol. The Morgan fingerprint density at radius 1 is 0.417 bits per heavy atom. The molecule has 170 valence electrons. The van der Waals surface area contributed by atoms with Gasteiger partial charge in [-0.15, -0.1) is 10.2 Å². The molecule has 0 fully saturated rings. The van der Waals surface area contributed by atoms with Crippen molar-refractivity contribution in [2.45, 2.75) is 0 Å². The Hall–Kier alpha value is -5.24. The summed E-state index contributed by atoms with van der Waals surface area (Å²) in [5.41, 5.74) is 5.59. The zero-order valence-corrected chi connectivity index (χ0v) is 19.0. The molecule has 36 heavy (non-hydrogen) atoms. The van der Waals surface area contributed by atoms with Gasteiger partial charge in [0, 0.05) is 0 Å². The van der Waals surface area contributed by atoms with E-state index in [1.807, 2.05) is 106 Å². The fourth-order valence-electron chi connectivity index (χ4n) is 4.87. The van der Waals surface area contributed by atoms with Crippen molar-refractivity contribution >= 4 is 33.6 Å². The van der Waals surface area contributed by atoms with Crippen molar-refractivity contribution in [1.82, 2.24) is 38.3 Å². The minimum Gasteiger partial charge on any atom is -0.256 e. The molecule has 0 spiro atoms. The normalized spacial score (nSPS) is 11.9. The summed E-state index contributed by atoms with van der Waals surface area (Å²) in [6.07, 6.45) is 0. The van der Waals surface area contributed by atoms with Gasteiger partial charge in [0.05, 0.1) is 33.4 Å². The molecule has 0 N–H and O–H groups in total. The van der Waals surface area contributed by atoms with Crippen LogP contribution in [0, 0.1) is 0 Å². The van der Waals surface area contributed by atoms with E-state index in [9.17, 15) is 0 Å². The standard InChI is InChI=1S/C28H18N8/c1-3-11-19(12-4-1)35-27-29-21-15-7-9-17-23(21)33(27)25(31-35)26-32-36(20-13-5-2-6-14-20)28-30-22-16-8-10-18-24(22)34(26)28/h1-18H. The van der Waals surface area contributed by atoms with Crippen LogP contribution in [0.3, 0.4) is 0 Å². The van der Waals surface area contributed by atoms with Crippen molar-refractivity contribution in [3.8, 4) is 23.0 Å². The summed E-state index contributed by atoms with van der Waals surface area (Å²) in [6.45, 7) is 0. The third-order valence-corrected chi connectivity index (χ3v) is 6.48. The molecule has 8 aromatic rings. The van der Waals surface area contributed by atoms with Crippen LogP contribution in [0.1, 0.15) is 0 Å². The lowest BCUT2D eigenvalue weighted by atomic mass is 10.3. The average Bonchev–Trinajstić information content (AvgIpc) is 3.68. The van der Waals surface area contributed by atoms with Gasteiger partial charge in [0.2, 0.25) is 23.2 Å². The monoisotopic (exact) mass is 466 g/mol. The Balaban J connectivity index is 1.54. The van der Waals surface area contributed by atoms with E-state index in [-0.39, 0.29) is 0 Å². The molecule has 0 saturated heterocycles. The molecule has 0 amide bonds. The molecule has 0 bridgehead atoms. The van der Waals surface area contributed by atoms with E-state index in [4.69, 9.17) is 20.2 Å². The first-order valence-electron chi connectivity index (χ1n) is 11.7. The Morgan fingerprint density at radius 2 is 0.806 bits per heavy atom. The van der Waals surface area contributed by atoms with Gasteiger partial charge in [0.1, 0.15) is 0 Å². The van der Waals surface area contributed by atoms with Crippen LogP contribution in [0.2, 0.25) is 0 Å². The molecular weight excluding hydrogens is 448 g/mol. The first kappa shape index (κ1) is 19.1. The molecule has 8 nitrogen and oxygen atoms in total. The van der Waals surface area contributed by atoms with Crippen LogP contribution in [-0.2, 0) is 0 Å². The van der Waals surface area contributed by atoms with Crippen LogP contribution >= 0.6 is 0 Å². The largest absolute Gasteiger partial charge is 0.256 e. The second-order valence-corrected chi connectivity index (χ2v) is 8.61. The molecule has 0 radical (unpaired) electrons. The van der Waals surface area contributed by atoms with E-state index >= 15 is 0 Å². The molecule has 4 aromatic carbocycles. The van der Waals surface area contributed by atoms with Gasteiger partial charge < -0.3 is 0 Å². The number of imidazole rings is 2. The Labute approximate surface area is 204 Å². The SMILES string of the molecule is c1ccc(-n2nc(-c3nn(-c4ccccc4)c4nc5ccccc5n34)n3c4ccccc4nc23)cc1. The number of fused-ring (bicyclic) bond motifs is 6. The van der Waals surface area contributed by atoms with Crippen LogP contribution in [0.5, 0.6) is 0 Å². The first-order valence-corrected chi connectivity index (χ1v) is 11.7. The van der Waals surface area contributed by atoms with Crippen molar-refractivity contribution in [2.24, 2.45) is 0 Å². The molecule has 0 aliphatic heterocycles. The average molecular weight is 467 g/mol. The Bertz CT molecular complexity index is 1890. The topological polar surface area (TPSA) is 70.2 Å². The van der Waals surface area contributed by atoms with Gasteiger partial charge in [-0.3, -0.25) is 8.80 Å². The smallest absolute Gasteiger partial charge is 0.238 e. The number of hydrogen-bond acceptors (Lipinski definition) is 4. The van der Waals surface area contributed by atoms with E-state index < -0.39 is 0 Å². The minimum absolute atomic E-state index is 0.686. The zero-order chi connectivity index (χ0) is 23.6. The summed E-state index contributed by atoms with van der Waals surface area (Å²) in [6, 6.07) is 36.3. The molecule has 0 unspecified atom stereocenters. The fourth-order valence-corrected chi connectivity index (χ4v) is 4.87. The number of nitrogens with zero attached hydrogens (tertiary/aromatic N) is 8. The lowest BCUT2D eigenvalue weighted by molar-refractivity contribution is 0.878. The third kappa shape index (κ3) is 2.58. The van der Waals surface area contributed by atoms with Crippen LogP contribution in [0.4, 0.5) is 0 Å². The maximum Gasteiger partial charge on any atom is 0.238 e. The second kappa shape index (κ2) is 7.13. The molecule has 4 heterocycles. The summed E-state index contributed by atoms with van der Waals surface area (Å²) in [7, 11) is 0. The van der Waals surface area contributed by atoms with Crippen LogP contribution in [0.15, 0.2) is 109 Å². The lowest BCUT2D eigenvalue weighted by Crippen LogP contribution is -1.99. The van der Waals surface area contributed by atoms with Gasteiger partial charge in [-0.25, -0.2) is 9.97 Å². The summed E-state index contributed by atoms with van der Waals surface area (Å²) >= 11 is 0. The van der Waals surface area contributed by atoms with Crippen molar-refractivity contribution < 1.29 is 0 Å². The number of rotatable bonds is 3. The molecule has 0 aliphatic rings. The Kier molecular flexibility index (Phi) is 3.78. The number of aromatic nitrogens is 8. The predicted octanol–water partition coefficient (Wildman–Crippen LogP) is 5.33. The quantitative estimate of drug-likeness (QED) is 0.353. The highest BCUT2D eigenvalue weighted by Gasteiger charge is 2.25. The van der Waals surface area contributed by atoms with E-state index in [2.05, 4.69) is 20.9 Å². The van der Waals surface area contributed by atoms with E-state index in [0.29, 0.717) is 11.6 Å². The Morgan fingerprint density at radius 3 is 1.25 bits per heavy atom. The van der Waals surface area contributed by atoms with Crippen LogP contribution < -0.4 is 0 Å². The van der Waals surface area contributed by atoms with Gasteiger partial charge in [-0.05, 0) is 48.5 Å². The van der Waals surface area contributed by atoms with Crippen LogP contribution in [-0.4, -0.2) is 38.3 Å². The van der Waals surface area contributed by atoms with E-state index in [0.717, 1.165) is 45.0 Å². The van der Waals surface area contributed by atoms with Crippen molar-refractivity contribution in [2.75, 3.05) is 0 Å². The molecule has 0 saturated carbocycles. The second-order valence-electron chi connectivity index (χ2n) is 8.61. The van der Waals surface area contributed by atoms with E-state index in [1.54, 1.807) is 0 Å². The van der Waals surface area contributed by atoms with Gasteiger partial charge in [0.25, 0.3) is 0 Å². The van der Waals surface area contributed by atoms with Gasteiger partial charge in [-0.2, -0.15) is 9.36 Å². The van der Waals surface area contributed by atoms with Gasteiger partial charge in [-0.1, -0.05) is 60.7 Å². The lowest BCUT2D eigenvalue weighted by Gasteiger charge is -2.00. The zero-order valence-electron chi connectivity index (χ0n) is 19.0. The maximum absolute atomic E-state index is 5.08. The van der Waals surface area contributed by atoms with Gasteiger partial charge >= 0.3 is 0 Å². The highest BCUT2D eigenvalue weighted by atomic mass is 15.5. The number of benzene rings is 4. The number of para-hydroxylation sites is 6. The highest BCUT2D eigenvalue weighted by molar-refractivity contribution is 5.85.